The Balaban J connectivity index is 2.12. The van der Waals surface area contributed by atoms with Crippen LogP contribution in [0, 0.1) is 6.92 Å². The molecule has 0 aliphatic heterocycles. The molecular formula is C19H20N4O6S. The summed E-state index contributed by atoms with van der Waals surface area (Å²) in [4.78, 5) is 47.5. The van der Waals surface area contributed by atoms with Gasteiger partial charge < -0.3 is 5.32 Å². The largest absolute Gasteiger partial charge is 0.333 e. The van der Waals surface area contributed by atoms with Crippen molar-refractivity contribution in [3.63, 3.8) is 0 Å². The first-order valence-electron chi connectivity index (χ1n) is 8.72. The molecule has 30 heavy (non-hydrogen) atoms. The van der Waals surface area contributed by atoms with Crippen LogP contribution in [0.1, 0.15) is 29.3 Å². The van der Waals surface area contributed by atoms with Gasteiger partial charge in [-0.15, -0.1) is 0 Å². The average molecular weight is 432 g/mol. The van der Waals surface area contributed by atoms with Crippen molar-refractivity contribution in [3.05, 3.63) is 59.7 Å². The average Bonchev–Trinajstić information content (AvgIpc) is 2.71. The molecular weight excluding hydrogens is 412 g/mol. The number of hydrogen-bond donors (Lipinski definition) is 3. The molecule has 0 unspecified atom stereocenters. The second-order valence-corrected chi connectivity index (χ2v) is 7.89. The lowest BCUT2D eigenvalue weighted by Crippen LogP contribution is -2.46. The second-order valence-electron chi connectivity index (χ2n) is 6.21. The number of ketones is 1. The zero-order chi connectivity index (χ0) is 22.5. The normalized spacial score (nSPS) is 10.8. The summed E-state index contributed by atoms with van der Waals surface area (Å²) in [5.41, 5.74) is 0.835. The highest BCUT2D eigenvalue weighted by Crippen LogP contribution is 2.14. The molecule has 0 aliphatic carbocycles. The number of nitrogens with two attached hydrogens (primary N) is 1. The van der Waals surface area contributed by atoms with Gasteiger partial charge in [0, 0.05) is 17.7 Å². The zero-order valence-electron chi connectivity index (χ0n) is 16.2. The van der Waals surface area contributed by atoms with Gasteiger partial charge in [0.05, 0.1) is 4.90 Å². The number of amides is 4. The number of rotatable bonds is 6. The molecule has 2 aromatic rings. The number of nitrogens with one attached hydrogen (secondary N) is 2. The molecule has 0 saturated carbocycles. The Morgan fingerprint density at radius 2 is 1.67 bits per heavy atom. The fourth-order valence-corrected chi connectivity index (χ4v) is 3.21. The Bertz CT molecular complexity index is 1100. The Labute approximate surface area is 173 Å². The van der Waals surface area contributed by atoms with Crippen LogP contribution < -0.4 is 15.9 Å². The Hall–Kier alpha value is -3.57. The quantitative estimate of drug-likeness (QED) is 0.269. The maximum atomic E-state index is 12.3. The molecule has 0 atom stereocenters. The highest BCUT2D eigenvalue weighted by Gasteiger charge is 2.25. The first kappa shape index (κ1) is 22.7. The number of urea groups is 1. The van der Waals surface area contributed by atoms with E-state index in [1.807, 2.05) is 4.72 Å². The number of imide groups is 1. The SMILES string of the molecule is CCC(=O)C(=O)N(N)C(=O)c1cccc(NC(=O)NS(=O)(=O)c2ccc(C)cc2)c1. The summed E-state index contributed by atoms with van der Waals surface area (Å²) in [7, 11) is -4.10. The number of aryl methyl sites for hydroxylation is 1. The van der Waals surface area contributed by atoms with Gasteiger partial charge in [-0.3, -0.25) is 14.4 Å². The summed E-state index contributed by atoms with van der Waals surface area (Å²) < 4.78 is 26.4. The smallest absolute Gasteiger partial charge is 0.307 e. The minimum absolute atomic E-state index is 0.0696. The van der Waals surface area contributed by atoms with E-state index in [1.54, 1.807) is 19.1 Å². The maximum Gasteiger partial charge on any atom is 0.333 e. The highest BCUT2D eigenvalue weighted by atomic mass is 32.2. The van der Waals surface area contributed by atoms with Crippen LogP contribution in [0.2, 0.25) is 0 Å². The van der Waals surface area contributed by atoms with E-state index in [9.17, 15) is 27.6 Å². The van der Waals surface area contributed by atoms with E-state index in [0.717, 1.165) is 5.56 Å². The maximum absolute atomic E-state index is 12.3. The predicted octanol–water partition coefficient (Wildman–Crippen LogP) is 1.33. The van der Waals surface area contributed by atoms with Crippen molar-refractivity contribution in [2.75, 3.05) is 5.32 Å². The molecule has 0 fully saturated rings. The minimum Gasteiger partial charge on any atom is -0.307 e. The molecule has 0 bridgehead atoms. The first-order chi connectivity index (χ1) is 14.0. The molecule has 0 radical (unpaired) electrons. The Morgan fingerprint density at radius 1 is 1.03 bits per heavy atom. The molecule has 4 N–H and O–H groups in total. The summed E-state index contributed by atoms with van der Waals surface area (Å²) in [6.45, 7) is 3.24. The Morgan fingerprint density at radius 3 is 2.27 bits per heavy atom. The van der Waals surface area contributed by atoms with Crippen molar-refractivity contribution < 1.29 is 27.6 Å². The standard InChI is InChI=1S/C19H20N4O6S/c1-3-16(24)18(26)23(20)17(25)13-5-4-6-14(11-13)21-19(27)22-30(28,29)15-9-7-12(2)8-10-15/h4-11H,3,20H2,1-2H3,(H2,21,22,27). The lowest BCUT2D eigenvalue weighted by molar-refractivity contribution is -0.142. The van der Waals surface area contributed by atoms with Gasteiger partial charge in [-0.05, 0) is 37.3 Å². The van der Waals surface area contributed by atoms with E-state index >= 15 is 0 Å². The fraction of sp³-hybridized carbons (Fsp3) is 0.158. The minimum atomic E-state index is -4.10. The van der Waals surface area contributed by atoms with E-state index < -0.39 is 33.7 Å². The molecule has 4 amide bonds. The van der Waals surface area contributed by atoms with E-state index in [0.29, 0.717) is 0 Å². The van der Waals surface area contributed by atoms with Crippen LogP contribution in [0.25, 0.3) is 0 Å². The lowest BCUT2D eigenvalue weighted by atomic mass is 10.1. The van der Waals surface area contributed by atoms with Crippen molar-refractivity contribution >= 4 is 39.3 Å². The van der Waals surface area contributed by atoms with Crippen LogP contribution in [0.5, 0.6) is 0 Å². The van der Waals surface area contributed by atoms with Gasteiger partial charge in [-0.2, -0.15) is 0 Å². The molecule has 158 valence electrons. The van der Waals surface area contributed by atoms with Gasteiger partial charge in [0.1, 0.15) is 0 Å². The number of Topliss-reactive ketones (excluding diaryl/α,β-unsaturated/α-hetero) is 1. The van der Waals surface area contributed by atoms with Crippen LogP contribution in [0.3, 0.4) is 0 Å². The summed E-state index contributed by atoms with van der Waals surface area (Å²) in [5, 5.41) is 2.47. The van der Waals surface area contributed by atoms with Crippen LogP contribution in [0.15, 0.2) is 53.4 Å². The fourth-order valence-electron chi connectivity index (χ4n) is 2.30. The van der Waals surface area contributed by atoms with Gasteiger partial charge in [0.15, 0.2) is 0 Å². The highest BCUT2D eigenvalue weighted by molar-refractivity contribution is 7.90. The summed E-state index contributed by atoms with van der Waals surface area (Å²) in [6, 6.07) is 10.1. The topological polar surface area (TPSA) is 156 Å². The number of benzene rings is 2. The van der Waals surface area contributed by atoms with E-state index in [4.69, 9.17) is 5.84 Å². The lowest BCUT2D eigenvalue weighted by Gasteiger charge is -2.14. The molecule has 0 aliphatic rings. The van der Waals surface area contributed by atoms with Crippen molar-refractivity contribution in [3.8, 4) is 0 Å². The summed E-state index contributed by atoms with van der Waals surface area (Å²) in [5.74, 6) is 2.46. The molecule has 10 nitrogen and oxygen atoms in total. The van der Waals surface area contributed by atoms with Crippen molar-refractivity contribution in [1.82, 2.24) is 9.73 Å². The van der Waals surface area contributed by atoms with Crippen LogP contribution in [-0.4, -0.2) is 37.1 Å². The van der Waals surface area contributed by atoms with Gasteiger partial charge >= 0.3 is 11.9 Å². The number of sulfonamides is 1. The first-order valence-corrected chi connectivity index (χ1v) is 10.2. The van der Waals surface area contributed by atoms with Crippen LogP contribution >= 0.6 is 0 Å². The molecule has 0 heterocycles. The number of hydrogen-bond acceptors (Lipinski definition) is 7. The van der Waals surface area contributed by atoms with E-state index in [1.165, 1.54) is 43.3 Å². The Kier molecular flexibility index (Phi) is 7.03. The third-order valence-corrected chi connectivity index (χ3v) is 5.27. The van der Waals surface area contributed by atoms with Gasteiger partial charge in [0.2, 0.25) is 5.78 Å². The van der Waals surface area contributed by atoms with Crippen LogP contribution in [-0.2, 0) is 19.6 Å². The van der Waals surface area contributed by atoms with Crippen molar-refractivity contribution in [2.24, 2.45) is 5.84 Å². The third-order valence-electron chi connectivity index (χ3n) is 3.92. The molecule has 2 rings (SSSR count). The number of carbonyl (C=O) groups is 4. The molecule has 0 aromatic heterocycles. The zero-order valence-corrected chi connectivity index (χ0v) is 17.0. The number of anilines is 1. The molecule has 11 heteroatoms. The van der Waals surface area contributed by atoms with Gasteiger partial charge in [-0.1, -0.05) is 30.7 Å². The summed E-state index contributed by atoms with van der Waals surface area (Å²) in [6.07, 6.45) is -0.114. The third kappa shape index (κ3) is 5.49. The second kappa shape index (κ2) is 9.29. The number of nitrogens with zero attached hydrogens (tertiary/aromatic N) is 1. The molecule has 0 spiro atoms. The monoisotopic (exact) mass is 432 g/mol. The van der Waals surface area contributed by atoms with Gasteiger partial charge in [-0.25, -0.2) is 28.8 Å². The van der Waals surface area contributed by atoms with E-state index in [-0.39, 0.29) is 27.6 Å². The van der Waals surface area contributed by atoms with Crippen molar-refractivity contribution in [2.45, 2.75) is 25.2 Å². The summed E-state index contributed by atoms with van der Waals surface area (Å²) >= 11 is 0. The van der Waals surface area contributed by atoms with Crippen molar-refractivity contribution in [1.29, 1.82) is 0 Å². The molecule has 2 aromatic carbocycles. The van der Waals surface area contributed by atoms with E-state index in [2.05, 4.69) is 5.32 Å². The van der Waals surface area contributed by atoms with Crippen LogP contribution in [0.4, 0.5) is 10.5 Å². The number of carbonyl (C=O) groups excluding carboxylic acids is 4. The predicted molar refractivity (Wildman–Crippen MR) is 108 cm³/mol. The van der Waals surface area contributed by atoms with Gasteiger partial charge in [0.25, 0.3) is 15.9 Å². The number of hydrazine groups is 1. The molecule has 0 saturated heterocycles.